The molecule has 21 heavy (non-hydrogen) atoms. The van der Waals surface area contributed by atoms with E-state index in [2.05, 4.69) is 37.4 Å². The summed E-state index contributed by atoms with van der Waals surface area (Å²) in [6.07, 6.45) is 1.10. The Morgan fingerprint density at radius 3 is 2.48 bits per heavy atom. The van der Waals surface area contributed by atoms with Crippen LogP contribution in [0.25, 0.3) is 0 Å². The molecule has 2 nitrogen and oxygen atoms in total. The van der Waals surface area contributed by atoms with Gasteiger partial charge in [-0.05, 0) is 56.1 Å². The molecular weight excluding hydrogens is 302 g/mol. The summed E-state index contributed by atoms with van der Waals surface area (Å²) in [6.45, 7) is 7.89. The van der Waals surface area contributed by atoms with E-state index < -0.39 is 0 Å². The van der Waals surface area contributed by atoms with E-state index in [1.54, 1.807) is 11.3 Å². The second-order valence-electron chi connectivity index (χ2n) is 4.99. The number of ether oxygens (including phenoxy) is 1. The number of nitrogens with one attached hydrogen (secondary N) is 1. The molecule has 0 radical (unpaired) electrons. The quantitative estimate of drug-likeness (QED) is 0.756. The Labute approximate surface area is 136 Å². The third kappa shape index (κ3) is 4.22. The van der Waals surface area contributed by atoms with Crippen LogP contribution in [0.3, 0.4) is 0 Å². The van der Waals surface area contributed by atoms with Crippen LogP contribution in [-0.4, -0.2) is 13.2 Å². The first-order valence-electron chi connectivity index (χ1n) is 7.37. The van der Waals surface area contributed by atoms with Crippen molar-refractivity contribution in [3.8, 4) is 5.75 Å². The molecule has 1 atom stereocenters. The van der Waals surface area contributed by atoms with Gasteiger partial charge in [-0.15, -0.1) is 11.3 Å². The zero-order valence-electron chi connectivity index (χ0n) is 12.8. The fourth-order valence-corrected chi connectivity index (χ4v) is 3.54. The summed E-state index contributed by atoms with van der Waals surface area (Å²) in [7, 11) is 0. The van der Waals surface area contributed by atoms with E-state index in [0.717, 1.165) is 28.6 Å². The third-order valence-corrected chi connectivity index (χ3v) is 4.90. The predicted octanol–water partition coefficient (Wildman–Crippen LogP) is 5.20. The van der Waals surface area contributed by atoms with Gasteiger partial charge in [0.2, 0.25) is 0 Å². The topological polar surface area (TPSA) is 21.3 Å². The van der Waals surface area contributed by atoms with Gasteiger partial charge in [-0.1, -0.05) is 30.7 Å². The molecular formula is C17H22ClNOS. The van der Waals surface area contributed by atoms with E-state index in [4.69, 9.17) is 16.3 Å². The number of halogens is 1. The van der Waals surface area contributed by atoms with Crippen LogP contribution in [0.5, 0.6) is 5.75 Å². The van der Waals surface area contributed by atoms with Crippen LogP contribution in [0.15, 0.2) is 30.3 Å². The van der Waals surface area contributed by atoms with E-state index in [1.165, 1.54) is 10.4 Å². The van der Waals surface area contributed by atoms with Crippen molar-refractivity contribution in [1.29, 1.82) is 0 Å². The van der Waals surface area contributed by atoms with Gasteiger partial charge >= 0.3 is 0 Å². The van der Waals surface area contributed by atoms with E-state index >= 15 is 0 Å². The molecule has 2 aromatic rings. The average molecular weight is 324 g/mol. The Bertz CT molecular complexity index is 545. The maximum Gasteiger partial charge on any atom is 0.119 e. The van der Waals surface area contributed by atoms with Crippen molar-refractivity contribution in [1.82, 2.24) is 5.32 Å². The Hall–Kier alpha value is -1.03. The minimum absolute atomic E-state index is 0.192. The Kier molecular flexibility index (Phi) is 6.09. The Balaban J connectivity index is 2.26. The van der Waals surface area contributed by atoms with E-state index in [9.17, 15) is 0 Å². The summed E-state index contributed by atoms with van der Waals surface area (Å²) in [5, 5.41) is 3.60. The highest BCUT2D eigenvalue weighted by Gasteiger charge is 2.17. The summed E-state index contributed by atoms with van der Waals surface area (Å²) >= 11 is 7.89. The van der Waals surface area contributed by atoms with Crippen LogP contribution in [0.4, 0.5) is 0 Å². The molecule has 0 fully saturated rings. The molecule has 0 aliphatic rings. The van der Waals surface area contributed by atoms with Crippen molar-refractivity contribution < 1.29 is 4.74 Å². The van der Waals surface area contributed by atoms with Gasteiger partial charge in [0, 0.05) is 4.88 Å². The molecule has 4 heteroatoms. The number of thiophene rings is 1. The fourth-order valence-electron chi connectivity index (χ4n) is 2.22. The molecule has 0 spiro atoms. The highest BCUT2D eigenvalue weighted by atomic mass is 35.5. The van der Waals surface area contributed by atoms with Gasteiger partial charge in [-0.3, -0.25) is 0 Å². The first-order chi connectivity index (χ1) is 10.2. The van der Waals surface area contributed by atoms with Crippen molar-refractivity contribution in [2.45, 2.75) is 33.2 Å². The van der Waals surface area contributed by atoms with Gasteiger partial charge in [0.15, 0.2) is 0 Å². The summed E-state index contributed by atoms with van der Waals surface area (Å²) in [5.74, 6) is 0.913. The maximum atomic E-state index is 6.23. The summed E-state index contributed by atoms with van der Waals surface area (Å²) in [6, 6.07) is 10.7. The summed E-state index contributed by atoms with van der Waals surface area (Å²) < 4.78 is 6.39. The van der Waals surface area contributed by atoms with Crippen LogP contribution in [0.1, 0.15) is 42.3 Å². The smallest absolute Gasteiger partial charge is 0.119 e. The van der Waals surface area contributed by atoms with Crippen molar-refractivity contribution in [3.63, 3.8) is 0 Å². The SMILES string of the molecule is CCCNC(c1ccc(OCC)cc1)c1cc(C)c(Cl)s1. The number of benzene rings is 1. The maximum absolute atomic E-state index is 6.23. The molecule has 2 rings (SSSR count). The molecule has 0 saturated carbocycles. The number of rotatable bonds is 7. The van der Waals surface area contributed by atoms with Crippen LogP contribution in [-0.2, 0) is 0 Å². The zero-order valence-corrected chi connectivity index (χ0v) is 14.4. The molecule has 1 aromatic heterocycles. The largest absolute Gasteiger partial charge is 0.494 e. The highest BCUT2D eigenvalue weighted by molar-refractivity contribution is 7.16. The molecule has 0 saturated heterocycles. The van der Waals surface area contributed by atoms with Crippen molar-refractivity contribution in [2.75, 3.05) is 13.2 Å². The molecule has 0 bridgehead atoms. The number of hydrogen-bond donors (Lipinski definition) is 1. The molecule has 1 N–H and O–H groups in total. The van der Waals surface area contributed by atoms with Crippen molar-refractivity contribution in [2.24, 2.45) is 0 Å². The first kappa shape index (κ1) is 16.3. The zero-order chi connectivity index (χ0) is 15.2. The monoisotopic (exact) mass is 323 g/mol. The lowest BCUT2D eigenvalue weighted by Gasteiger charge is -2.18. The van der Waals surface area contributed by atoms with E-state index in [1.807, 2.05) is 19.1 Å². The lowest BCUT2D eigenvalue weighted by Crippen LogP contribution is -2.22. The van der Waals surface area contributed by atoms with E-state index in [0.29, 0.717) is 6.61 Å². The van der Waals surface area contributed by atoms with Gasteiger partial charge in [-0.2, -0.15) is 0 Å². The number of aryl methyl sites for hydroxylation is 1. The summed E-state index contributed by atoms with van der Waals surface area (Å²) in [5.41, 5.74) is 2.38. The number of hydrogen-bond acceptors (Lipinski definition) is 3. The van der Waals surface area contributed by atoms with Crippen molar-refractivity contribution in [3.05, 3.63) is 50.7 Å². The van der Waals surface area contributed by atoms with Gasteiger partial charge in [-0.25, -0.2) is 0 Å². The Morgan fingerprint density at radius 2 is 1.95 bits per heavy atom. The standard InChI is InChI=1S/C17H22ClNOS/c1-4-10-19-16(15-11-12(3)17(18)21-15)13-6-8-14(9-7-13)20-5-2/h6-9,11,16,19H,4-5,10H2,1-3H3. The Morgan fingerprint density at radius 1 is 1.24 bits per heavy atom. The molecule has 1 aromatic carbocycles. The predicted molar refractivity (Wildman–Crippen MR) is 91.8 cm³/mol. The van der Waals surface area contributed by atoms with Crippen LogP contribution in [0, 0.1) is 6.92 Å². The molecule has 0 aliphatic heterocycles. The van der Waals surface area contributed by atoms with Gasteiger partial charge in [0.05, 0.1) is 17.0 Å². The second-order valence-corrected chi connectivity index (χ2v) is 6.68. The highest BCUT2D eigenvalue weighted by Crippen LogP contribution is 2.34. The van der Waals surface area contributed by atoms with Gasteiger partial charge < -0.3 is 10.1 Å². The normalized spacial score (nSPS) is 12.4. The minimum atomic E-state index is 0.192. The lowest BCUT2D eigenvalue weighted by atomic mass is 10.0. The summed E-state index contributed by atoms with van der Waals surface area (Å²) in [4.78, 5) is 1.26. The first-order valence-corrected chi connectivity index (χ1v) is 8.57. The average Bonchev–Trinajstić information content (AvgIpc) is 2.81. The molecule has 0 amide bonds. The fraction of sp³-hybridized carbons (Fsp3) is 0.412. The minimum Gasteiger partial charge on any atom is -0.494 e. The third-order valence-electron chi connectivity index (χ3n) is 3.28. The molecule has 114 valence electrons. The second kappa shape index (κ2) is 7.83. The van der Waals surface area contributed by atoms with Gasteiger partial charge in [0.1, 0.15) is 5.75 Å². The van der Waals surface area contributed by atoms with Crippen LogP contribution < -0.4 is 10.1 Å². The van der Waals surface area contributed by atoms with Crippen molar-refractivity contribution >= 4 is 22.9 Å². The van der Waals surface area contributed by atoms with E-state index in [-0.39, 0.29) is 6.04 Å². The molecule has 1 heterocycles. The molecule has 1 unspecified atom stereocenters. The lowest BCUT2D eigenvalue weighted by molar-refractivity contribution is 0.340. The van der Waals surface area contributed by atoms with Crippen LogP contribution in [0.2, 0.25) is 4.34 Å². The van der Waals surface area contributed by atoms with Gasteiger partial charge in [0.25, 0.3) is 0 Å². The molecule has 0 aliphatic carbocycles. The van der Waals surface area contributed by atoms with Crippen LogP contribution >= 0.6 is 22.9 Å².